The van der Waals surface area contributed by atoms with Crippen molar-refractivity contribution in [2.24, 2.45) is 5.92 Å². The van der Waals surface area contributed by atoms with Gasteiger partial charge >= 0.3 is 0 Å². The fraction of sp³-hybridized carbons (Fsp3) is 0.333. The van der Waals surface area contributed by atoms with Crippen molar-refractivity contribution in [1.82, 2.24) is 9.97 Å². The Morgan fingerprint density at radius 1 is 1.14 bits per heavy atom. The van der Waals surface area contributed by atoms with E-state index in [4.69, 9.17) is 21.1 Å². The Labute approximate surface area is 181 Å². The SMILES string of the molecule is Fc1ccc(Nc2ncnc3cc(OCC4CC4)c(OCCCBr)cc23)cc1Cl. The van der Waals surface area contributed by atoms with Gasteiger partial charge in [-0.3, -0.25) is 0 Å². The zero-order valence-electron chi connectivity index (χ0n) is 15.6. The summed E-state index contributed by atoms with van der Waals surface area (Å²) in [5.41, 5.74) is 1.36. The number of anilines is 2. The molecule has 0 radical (unpaired) electrons. The van der Waals surface area contributed by atoms with E-state index in [1.165, 1.54) is 31.3 Å². The van der Waals surface area contributed by atoms with E-state index in [9.17, 15) is 4.39 Å². The molecule has 0 unspecified atom stereocenters. The number of nitrogens with zero attached hydrogens (tertiary/aromatic N) is 2. The van der Waals surface area contributed by atoms with Crippen molar-refractivity contribution in [3.05, 3.63) is 47.5 Å². The monoisotopic (exact) mass is 479 g/mol. The Kier molecular flexibility index (Phi) is 6.35. The van der Waals surface area contributed by atoms with E-state index in [2.05, 4.69) is 31.2 Å². The molecule has 0 saturated heterocycles. The third-order valence-electron chi connectivity index (χ3n) is 4.59. The molecule has 152 valence electrons. The number of rotatable bonds is 9. The van der Waals surface area contributed by atoms with Crippen LogP contribution >= 0.6 is 27.5 Å². The molecule has 1 aromatic heterocycles. The molecule has 0 spiro atoms. The van der Waals surface area contributed by atoms with E-state index < -0.39 is 5.82 Å². The van der Waals surface area contributed by atoms with Crippen LogP contribution in [0.1, 0.15) is 19.3 Å². The Morgan fingerprint density at radius 3 is 2.72 bits per heavy atom. The average Bonchev–Trinajstić information content (AvgIpc) is 3.54. The molecule has 1 N–H and O–H groups in total. The molecule has 0 bridgehead atoms. The Balaban J connectivity index is 1.66. The van der Waals surface area contributed by atoms with E-state index in [-0.39, 0.29) is 5.02 Å². The fourth-order valence-corrected chi connectivity index (χ4v) is 3.24. The zero-order chi connectivity index (χ0) is 20.2. The van der Waals surface area contributed by atoms with E-state index in [1.807, 2.05) is 12.1 Å². The van der Waals surface area contributed by atoms with Crippen LogP contribution < -0.4 is 14.8 Å². The molecule has 1 aliphatic carbocycles. The fourth-order valence-electron chi connectivity index (χ4n) is 2.83. The molecule has 1 saturated carbocycles. The van der Waals surface area contributed by atoms with Gasteiger partial charge in [-0.05, 0) is 49.4 Å². The Morgan fingerprint density at radius 2 is 1.97 bits per heavy atom. The molecule has 1 heterocycles. The van der Waals surface area contributed by atoms with E-state index in [1.54, 1.807) is 6.07 Å². The first-order chi connectivity index (χ1) is 14.1. The highest BCUT2D eigenvalue weighted by Crippen LogP contribution is 2.37. The van der Waals surface area contributed by atoms with Gasteiger partial charge in [-0.2, -0.15) is 0 Å². The molecule has 1 fully saturated rings. The van der Waals surface area contributed by atoms with E-state index in [0.29, 0.717) is 42.1 Å². The maximum absolute atomic E-state index is 13.5. The van der Waals surface area contributed by atoms with Gasteiger partial charge in [0.05, 0.1) is 23.8 Å². The lowest BCUT2D eigenvalue weighted by Gasteiger charge is -2.15. The van der Waals surface area contributed by atoms with Crippen LogP contribution in [0.2, 0.25) is 5.02 Å². The number of alkyl halides is 1. The summed E-state index contributed by atoms with van der Waals surface area (Å²) in [4.78, 5) is 8.72. The van der Waals surface area contributed by atoms with Crippen LogP contribution in [0.3, 0.4) is 0 Å². The third-order valence-corrected chi connectivity index (χ3v) is 5.44. The van der Waals surface area contributed by atoms with Crippen molar-refractivity contribution >= 4 is 49.9 Å². The normalized spacial score (nSPS) is 13.5. The molecule has 4 rings (SSSR count). The Hall–Kier alpha value is -2.12. The number of nitrogens with one attached hydrogen (secondary N) is 1. The maximum Gasteiger partial charge on any atom is 0.163 e. The van der Waals surface area contributed by atoms with Gasteiger partial charge in [0.1, 0.15) is 18.0 Å². The third kappa shape index (κ3) is 5.08. The maximum atomic E-state index is 13.5. The van der Waals surface area contributed by atoms with Crippen molar-refractivity contribution in [3.8, 4) is 11.5 Å². The van der Waals surface area contributed by atoms with Crippen LogP contribution in [0.25, 0.3) is 10.9 Å². The van der Waals surface area contributed by atoms with Gasteiger partial charge in [0.15, 0.2) is 11.5 Å². The van der Waals surface area contributed by atoms with Gasteiger partial charge in [0.25, 0.3) is 0 Å². The van der Waals surface area contributed by atoms with Gasteiger partial charge in [-0.25, -0.2) is 14.4 Å². The standard InChI is InChI=1S/C21H20BrClFN3O2/c22-6-1-7-28-19-9-15-18(10-20(19)29-11-13-2-3-13)25-12-26-21(15)27-14-4-5-17(24)16(23)8-14/h4-5,8-10,12-13H,1-3,6-7,11H2,(H,25,26,27). The highest BCUT2D eigenvalue weighted by Gasteiger charge is 2.23. The minimum absolute atomic E-state index is 0.0444. The molecular weight excluding hydrogens is 461 g/mol. The van der Waals surface area contributed by atoms with Gasteiger partial charge in [-0.1, -0.05) is 27.5 Å². The molecule has 2 aromatic carbocycles. The molecule has 3 aromatic rings. The topological polar surface area (TPSA) is 56.3 Å². The molecule has 0 aliphatic heterocycles. The number of halogens is 3. The van der Waals surface area contributed by atoms with Crippen molar-refractivity contribution in [1.29, 1.82) is 0 Å². The van der Waals surface area contributed by atoms with Gasteiger partial charge in [0.2, 0.25) is 0 Å². The predicted molar refractivity (Wildman–Crippen MR) is 116 cm³/mol. The second kappa shape index (κ2) is 9.13. The number of benzene rings is 2. The van der Waals surface area contributed by atoms with Gasteiger partial charge in [-0.15, -0.1) is 0 Å². The summed E-state index contributed by atoms with van der Waals surface area (Å²) in [5.74, 6) is 2.09. The summed E-state index contributed by atoms with van der Waals surface area (Å²) in [6.45, 7) is 1.26. The predicted octanol–water partition coefficient (Wildman–Crippen LogP) is 6.12. The zero-order valence-corrected chi connectivity index (χ0v) is 18.0. The Bertz CT molecular complexity index is 1020. The second-order valence-corrected chi connectivity index (χ2v) is 8.14. The van der Waals surface area contributed by atoms with Gasteiger partial charge < -0.3 is 14.8 Å². The minimum Gasteiger partial charge on any atom is -0.490 e. The minimum atomic E-state index is -0.468. The van der Waals surface area contributed by atoms with Crippen molar-refractivity contribution in [2.45, 2.75) is 19.3 Å². The first kappa shape index (κ1) is 20.2. The molecule has 5 nitrogen and oxygen atoms in total. The van der Waals surface area contributed by atoms with E-state index >= 15 is 0 Å². The first-order valence-corrected chi connectivity index (χ1v) is 11.0. The van der Waals surface area contributed by atoms with Crippen molar-refractivity contribution < 1.29 is 13.9 Å². The lowest BCUT2D eigenvalue weighted by molar-refractivity contribution is 0.261. The molecule has 8 heteroatoms. The summed E-state index contributed by atoms with van der Waals surface area (Å²) in [7, 11) is 0. The summed E-state index contributed by atoms with van der Waals surface area (Å²) < 4.78 is 25.4. The number of ether oxygens (including phenoxy) is 2. The summed E-state index contributed by atoms with van der Waals surface area (Å²) in [6.07, 6.45) is 4.78. The second-order valence-electron chi connectivity index (χ2n) is 6.94. The van der Waals surface area contributed by atoms with Crippen LogP contribution in [-0.4, -0.2) is 28.5 Å². The van der Waals surface area contributed by atoms with Crippen LogP contribution in [-0.2, 0) is 0 Å². The summed E-state index contributed by atoms with van der Waals surface area (Å²) >= 11 is 9.31. The lowest BCUT2D eigenvalue weighted by atomic mass is 10.2. The highest BCUT2D eigenvalue weighted by molar-refractivity contribution is 9.09. The largest absolute Gasteiger partial charge is 0.490 e. The number of aromatic nitrogens is 2. The molecular formula is C21H20BrClFN3O2. The summed E-state index contributed by atoms with van der Waals surface area (Å²) in [6, 6.07) is 8.21. The molecule has 1 aliphatic rings. The van der Waals surface area contributed by atoms with Crippen LogP contribution in [0.15, 0.2) is 36.7 Å². The van der Waals surface area contributed by atoms with Gasteiger partial charge in [0, 0.05) is 22.5 Å². The summed E-state index contributed by atoms with van der Waals surface area (Å²) in [5, 5.41) is 4.87. The smallest absolute Gasteiger partial charge is 0.163 e. The van der Waals surface area contributed by atoms with Crippen LogP contribution in [0, 0.1) is 11.7 Å². The highest BCUT2D eigenvalue weighted by atomic mass is 79.9. The van der Waals surface area contributed by atoms with Crippen molar-refractivity contribution in [2.75, 3.05) is 23.9 Å². The van der Waals surface area contributed by atoms with Crippen LogP contribution in [0.4, 0.5) is 15.9 Å². The molecule has 0 amide bonds. The van der Waals surface area contributed by atoms with Crippen molar-refractivity contribution in [3.63, 3.8) is 0 Å². The lowest BCUT2D eigenvalue weighted by Crippen LogP contribution is -2.05. The molecule has 0 atom stereocenters. The first-order valence-electron chi connectivity index (χ1n) is 9.46. The average molecular weight is 481 g/mol. The van der Waals surface area contributed by atoms with Crippen LogP contribution in [0.5, 0.6) is 11.5 Å². The number of hydrogen-bond acceptors (Lipinski definition) is 5. The quantitative estimate of drug-likeness (QED) is 0.295. The number of hydrogen-bond donors (Lipinski definition) is 1. The van der Waals surface area contributed by atoms with E-state index in [0.717, 1.165) is 22.7 Å². The number of fused-ring (bicyclic) bond motifs is 1. The molecule has 29 heavy (non-hydrogen) atoms.